The average molecular weight is 423 g/mol. The molecule has 0 unspecified atom stereocenters. The Labute approximate surface area is 189 Å². The van der Waals surface area contributed by atoms with Crippen molar-refractivity contribution in [3.63, 3.8) is 0 Å². The number of rotatable bonds is 16. The second-order valence-corrected chi connectivity index (χ2v) is 12.6. The molecule has 2 saturated carbocycles. The van der Waals surface area contributed by atoms with Crippen molar-refractivity contribution in [2.24, 2.45) is 0 Å². The van der Waals surface area contributed by atoms with Crippen LogP contribution in [0, 0.1) is 0 Å². The van der Waals surface area contributed by atoms with Gasteiger partial charge in [0.25, 0.3) is 0 Å². The van der Waals surface area contributed by atoms with Gasteiger partial charge in [0.05, 0.1) is 0 Å². The van der Waals surface area contributed by atoms with E-state index < -0.39 is 0 Å². The molecule has 0 atom stereocenters. The summed E-state index contributed by atoms with van der Waals surface area (Å²) >= 11 is 2.57. The SMILES string of the molecule is CCCCCCCCC1(SC2(CCCCCCCC)CCCCC2)CCCCC1. The molecule has 0 spiro atoms. The quantitative estimate of drug-likeness (QED) is 0.223. The Morgan fingerprint density at radius 1 is 0.448 bits per heavy atom. The van der Waals surface area contributed by atoms with Crippen LogP contribution in [0.4, 0.5) is 0 Å². The predicted octanol–water partition coefficient (Wildman–Crippen LogP) is 10.6. The molecular formula is C28H54S. The maximum atomic E-state index is 2.57. The van der Waals surface area contributed by atoms with Crippen LogP contribution in [-0.4, -0.2) is 9.49 Å². The van der Waals surface area contributed by atoms with Gasteiger partial charge in [-0.2, -0.15) is 0 Å². The lowest BCUT2D eigenvalue weighted by molar-refractivity contribution is 0.334. The fraction of sp³-hybridized carbons (Fsp3) is 1.00. The van der Waals surface area contributed by atoms with Crippen LogP contribution < -0.4 is 0 Å². The van der Waals surface area contributed by atoms with Crippen LogP contribution in [0.5, 0.6) is 0 Å². The molecule has 2 aliphatic rings. The molecule has 0 N–H and O–H groups in total. The van der Waals surface area contributed by atoms with E-state index in [0.29, 0.717) is 9.49 Å². The van der Waals surface area contributed by atoms with Crippen molar-refractivity contribution in [1.82, 2.24) is 0 Å². The lowest BCUT2D eigenvalue weighted by atomic mass is 9.83. The molecule has 2 fully saturated rings. The third-order valence-corrected chi connectivity index (χ3v) is 10.0. The standard InChI is InChI=1S/C28H54S/c1-3-5-7-9-11-15-21-27(23-17-13-18-24-27)29-28(25-19-14-20-26-28)22-16-12-10-8-6-4-2/h3-26H2,1-2H3. The minimum Gasteiger partial charge on any atom is -0.148 e. The summed E-state index contributed by atoms with van der Waals surface area (Å²) in [4.78, 5) is 0. The molecule has 172 valence electrons. The molecule has 0 heterocycles. The van der Waals surface area contributed by atoms with E-state index in [0.717, 1.165) is 0 Å². The first kappa shape index (κ1) is 25.6. The van der Waals surface area contributed by atoms with Crippen molar-refractivity contribution >= 4 is 11.8 Å². The molecule has 0 radical (unpaired) electrons. The molecular weight excluding hydrogens is 368 g/mol. The average Bonchev–Trinajstić information content (AvgIpc) is 2.74. The van der Waals surface area contributed by atoms with Gasteiger partial charge in [0.1, 0.15) is 0 Å². The van der Waals surface area contributed by atoms with E-state index in [4.69, 9.17) is 0 Å². The van der Waals surface area contributed by atoms with Crippen molar-refractivity contribution in [3.05, 3.63) is 0 Å². The highest BCUT2D eigenvalue weighted by Gasteiger charge is 2.42. The van der Waals surface area contributed by atoms with Gasteiger partial charge in [-0.1, -0.05) is 129 Å². The summed E-state index contributed by atoms with van der Waals surface area (Å²) in [6, 6.07) is 0. The molecule has 0 aromatic carbocycles. The van der Waals surface area contributed by atoms with E-state index in [1.165, 1.54) is 154 Å². The first-order chi connectivity index (χ1) is 14.2. The lowest BCUT2D eigenvalue weighted by Gasteiger charge is -2.47. The molecule has 2 aliphatic carbocycles. The fourth-order valence-corrected chi connectivity index (χ4v) is 8.51. The lowest BCUT2D eigenvalue weighted by Crippen LogP contribution is -2.38. The van der Waals surface area contributed by atoms with E-state index in [9.17, 15) is 0 Å². The van der Waals surface area contributed by atoms with Crippen molar-refractivity contribution in [2.75, 3.05) is 0 Å². The summed E-state index contributed by atoms with van der Waals surface area (Å²) in [5, 5.41) is 0. The van der Waals surface area contributed by atoms with Crippen molar-refractivity contribution in [2.45, 2.75) is 177 Å². The van der Waals surface area contributed by atoms with Gasteiger partial charge in [-0.05, 0) is 38.5 Å². The summed E-state index contributed by atoms with van der Waals surface area (Å²) in [5.74, 6) is 0. The molecule has 1 heteroatoms. The summed E-state index contributed by atoms with van der Waals surface area (Å²) < 4.78 is 1.31. The Balaban J connectivity index is 1.87. The predicted molar refractivity (Wildman–Crippen MR) is 135 cm³/mol. The van der Waals surface area contributed by atoms with Crippen molar-refractivity contribution in [3.8, 4) is 0 Å². The van der Waals surface area contributed by atoms with Crippen LogP contribution >= 0.6 is 11.8 Å². The molecule has 0 saturated heterocycles. The summed E-state index contributed by atoms with van der Waals surface area (Å²) in [6.07, 6.45) is 35.8. The zero-order chi connectivity index (χ0) is 20.7. The maximum Gasteiger partial charge on any atom is 0.0165 e. The van der Waals surface area contributed by atoms with Crippen LogP contribution in [0.25, 0.3) is 0 Å². The van der Waals surface area contributed by atoms with Gasteiger partial charge in [0.15, 0.2) is 0 Å². The van der Waals surface area contributed by atoms with Gasteiger partial charge in [0, 0.05) is 9.49 Å². The van der Waals surface area contributed by atoms with E-state index in [1.807, 2.05) is 0 Å². The van der Waals surface area contributed by atoms with E-state index in [1.54, 1.807) is 0 Å². The van der Waals surface area contributed by atoms with Crippen LogP contribution in [-0.2, 0) is 0 Å². The molecule has 0 aliphatic heterocycles. The highest BCUT2D eigenvalue weighted by Crippen LogP contribution is 2.55. The maximum absolute atomic E-state index is 2.57. The minimum absolute atomic E-state index is 0.655. The van der Waals surface area contributed by atoms with Crippen LogP contribution in [0.15, 0.2) is 0 Å². The van der Waals surface area contributed by atoms with Crippen LogP contribution in [0.3, 0.4) is 0 Å². The number of hydrogen-bond donors (Lipinski definition) is 0. The van der Waals surface area contributed by atoms with Crippen LogP contribution in [0.2, 0.25) is 0 Å². The van der Waals surface area contributed by atoms with Gasteiger partial charge in [-0.25, -0.2) is 0 Å². The Kier molecular flexibility index (Phi) is 13.4. The molecule has 0 nitrogen and oxygen atoms in total. The monoisotopic (exact) mass is 422 g/mol. The summed E-state index contributed by atoms with van der Waals surface area (Å²) in [5.41, 5.74) is 0. The van der Waals surface area contributed by atoms with Crippen LogP contribution in [0.1, 0.15) is 168 Å². The highest BCUT2D eigenvalue weighted by atomic mass is 32.2. The first-order valence-corrected chi connectivity index (χ1v) is 14.8. The molecule has 29 heavy (non-hydrogen) atoms. The summed E-state index contributed by atoms with van der Waals surface area (Å²) in [6.45, 7) is 4.67. The highest BCUT2D eigenvalue weighted by molar-refractivity contribution is 8.02. The zero-order valence-electron chi connectivity index (χ0n) is 20.4. The Morgan fingerprint density at radius 2 is 0.793 bits per heavy atom. The van der Waals surface area contributed by atoms with Gasteiger partial charge >= 0.3 is 0 Å². The second-order valence-electron chi connectivity index (χ2n) is 10.6. The van der Waals surface area contributed by atoms with E-state index in [2.05, 4.69) is 25.6 Å². The topological polar surface area (TPSA) is 0 Å². The Hall–Kier alpha value is 0.350. The van der Waals surface area contributed by atoms with E-state index in [-0.39, 0.29) is 0 Å². The zero-order valence-corrected chi connectivity index (χ0v) is 21.2. The van der Waals surface area contributed by atoms with Gasteiger partial charge in [-0.15, -0.1) is 11.8 Å². The van der Waals surface area contributed by atoms with Gasteiger partial charge < -0.3 is 0 Å². The largest absolute Gasteiger partial charge is 0.148 e. The molecule has 0 aromatic heterocycles. The fourth-order valence-electron chi connectivity index (χ4n) is 6.11. The summed E-state index contributed by atoms with van der Waals surface area (Å²) in [7, 11) is 0. The van der Waals surface area contributed by atoms with Crippen molar-refractivity contribution in [1.29, 1.82) is 0 Å². The second kappa shape index (κ2) is 15.2. The Bertz CT molecular complexity index is 340. The minimum atomic E-state index is 0.655. The van der Waals surface area contributed by atoms with E-state index >= 15 is 0 Å². The van der Waals surface area contributed by atoms with Gasteiger partial charge in [0.2, 0.25) is 0 Å². The number of hydrogen-bond acceptors (Lipinski definition) is 1. The smallest absolute Gasteiger partial charge is 0.0165 e. The normalized spacial score (nSPS) is 21.3. The molecule has 0 bridgehead atoms. The molecule has 0 amide bonds. The first-order valence-electron chi connectivity index (χ1n) is 13.9. The molecule has 0 aromatic rings. The molecule has 2 rings (SSSR count). The number of thioether (sulfide) groups is 1. The third kappa shape index (κ3) is 10.0. The Morgan fingerprint density at radius 3 is 1.17 bits per heavy atom. The van der Waals surface area contributed by atoms with Gasteiger partial charge in [-0.3, -0.25) is 0 Å². The third-order valence-electron chi connectivity index (χ3n) is 7.93. The number of unbranched alkanes of at least 4 members (excludes halogenated alkanes) is 10. The van der Waals surface area contributed by atoms with Crippen molar-refractivity contribution < 1.29 is 0 Å².